The maximum absolute atomic E-state index is 12.2. The minimum absolute atomic E-state index is 0.178. The molecule has 0 aliphatic carbocycles. The first-order chi connectivity index (χ1) is 12.0. The van der Waals surface area contributed by atoms with E-state index in [1.807, 2.05) is 17.5 Å². The summed E-state index contributed by atoms with van der Waals surface area (Å²) in [5, 5.41) is 7.30. The summed E-state index contributed by atoms with van der Waals surface area (Å²) in [6, 6.07) is 7.00. The lowest BCUT2D eigenvalue weighted by atomic mass is 10.3. The van der Waals surface area contributed by atoms with Gasteiger partial charge in [0.25, 0.3) is 5.91 Å². The summed E-state index contributed by atoms with van der Waals surface area (Å²) in [7, 11) is 0. The van der Waals surface area contributed by atoms with Crippen molar-refractivity contribution in [2.75, 3.05) is 5.32 Å². The molecule has 0 aromatic carbocycles. The van der Waals surface area contributed by atoms with Crippen LogP contribution in [0.2, 0.25) is 5.02 Å². The van der Waals surface area contributed by atoms with Crippen molar-refractivity contribution in [3.63, 3.8) is 0 Å². The number of carbonyl (C=O) groups excluding carboxylic acids is 2. The molecule has 0 spiro atoms. The highest BCUT2D eigenvalue weighted by Crippen LogP contribution is 2.28. The number of pyridine rings is 1. The summed E-state index contributed by atoms with van der Waals surface area (Å²) in [6.07, 6.45) is 0.423. The molecule has 0 bridgehead atoms. The Kier molecular flexibility index (Phi) is 5.42. The zero-order valence-electron chi connectivity index (χ0n) is 12.9. The molecule has 3 heterocycles. The summed E-state index contributed by atoms with van der Waals surface area (Å²) in [5.41, 5.74) is 0.178. The van der Waals surface area contributed by atoms with Gasteiger partial charge in [0.2, 0.25) is 0 Å². The fourth-order valence-corrected chi connectivity index (χ4v) is 3.55. The Hall–Kier alpha value is -2.29. The minimum Gasteiger partial charge on any atom is -0.448 e. The molecule has 0 unspecified atom stereocenters. The largest absolute Gasteiger partial charge is 0.448 e. The number of halogens is 1. The first kappa shape index (κ1) is 17.5. The number of carbonyl (C=O) groups is 2. The Labute approximate surface area is 156 Å². The monoisotopic (exact) mass is 393 g/mol. The van der Waals surface area contributed by atoms with Crippen LogP contribution in [0.15, 0.2) is 41.2 Å². The van der Waals surface area contributed by atoms with Crippen molar-refractivity contribution < 1.29 is 14.3 Å². The smallest absolute Gasteiger partial charge is 0.358 e. The molecule has 0 saturated heterocycles. The number of thiazole rings is 1. The molecule has 128 valence electrons. The molecule has 0 aliphatic rings. The van der Waals surface area contributed by atoms with Gasteiger partial charge in [0, 0.05) is 11.6 Å². The zero-order valence-corrected chi connectivity index (χ0v) is 15.3. The molecule has 25 heavy (non-hydrogen) atoms. The van der Waals surface area contributed by atoms with Crippen LogP contribution < -0.4 is 5.32 Å². The second kappa shape index (κ2) is 7.73. The number of hydrogen-bond donors (Lipinski definition) is 1. The number of thiophene rings is 1. The first-order valence-electron chi connectivity index (χ1n) is 7.16. The van der Waals surface area contributed by atoms with E-state index in [4.69, 9.17) is 16.3 Å². The Morgan fingerprint density at radius 3 is 2.80 bits per heavy atom. The van der Waals surface area contributed by atoms with Crippen LogP contribution in [0.25, 0.3) is 9.88 Å². The number of ether oxygens (including phenoxy) is 1. The number of esters is 1. The maximum atomic E-state index is 12.2. The van der Waals surface area contributed by atoms with Crippen molar-refractivity contribution in [1.82, 2.24) is 9.97 Å². The lowest BCUT2D eigenvalue weighted by Gasteiger charge is -2.12. The highest BCUT2D eigenvalue weighted by Gasteiger charge is 2.21. The average Bonchev–Trinajstić information content (AvgIpc) is 3.28. The van der Waals surface area contributed by atoms with Gasteiger partial charge in [-0.2, -0.15) is 0 Å². The predicted octanol–water partition coefficient (Wildman–Crippen LogP) is 4.10. The van der Waals surface area contributed by atoms with Crippen molar-refractivity contribution >= 4 is 52.0 Å². The van der Waals surface area contributed by atoms with Gasteiger partial charge < -0.3 is 10.1 Å². The number of hydrogen-bond acceptors (Lipinski definition) is 7. The molecule has 0 radical (unpaired) electrons. The molecule has 0 saturated carbocycles. The van der Waals surface area contributed by atoms with Gasteiger partial charge in [-0.15, -0.1) is 22.7 Å². The third-order valence-corrected chi connectivity index (χ3v) is 5.18. The van der Waals surface area contributed by atoms with Gasteiger partial charge in [-0.1, -0.05) is 17.7 Å². The van der Waals surface area contributed by atoms with Crippen molar-refractivity contribution in [3.8, 4) is 9.88 Å². The lowest BCUT2D eigenvalue weighted by Crippen LogP contribution is -2.30. The minimum atomic E-state index is -0.989. The summed E-state index contributed by atoms with van der Waals surface area (Å²) in [5.74, 6) is -0.811. The van der Waals surface area contributed by atoms with Crippen molar-refractivity contribution in [2.24, 2.45) is 0 Å². The third-order valence-electron chi connectivity index (χ3n) is 3.08. The van der Waals surface area contributed by atoms with E-state index in [0.717, 1.165) is 9.88 Å². The summed E-state index contributed by atoms with van der Waals surface area (Å²) in [4.78, 5) is 33.4. The van der Waals surface area contributed by atoms with Gasteiger partial charge in [0.15, 0.2) is 11.8 Å². The van der Waals surface area contributed by atoms with Gasteiger partial charge >= 0.3 is 5.97 Å². The van der Waals surface area contributed by atoms with Gasteiger partial charge in [-0.05, 0) is 30.5 Å². The number of aromatic nitrogens is 2. The molecule has 1 N–H and O–H groups in total. The maximum Gasteiger partial charge on any atom is 0.358 e. The van der Waals surface area contributed by atoms with E-state index < -0.39 is 18.0 Å². The van der Waals surface area contributed by atoms with Gasteiger partial charge in [-0.25, -0.2) is 14.8 Å². The number of nitrogens with one attached hydrogen (secondary N) is 1. The van der Waals surface area contributed by atoms with Crippen molar-refractivity contribution in [2.45, 2.75) is 13.0 Å². The standard InChI is InChI=1S/C16H12ClN3O3S2/c1-9(14(21)20-13-5-4-10(17)7-18-13)23-16(22)11-8-25-15(19-11)12-3-2-6-24-12/h2-9H,1H3,(H,18,20,21)/t9-/m0/s1. The Bertz CT molecular complexity index is 878. The molecule has 0 aliphatic heterocycles. The van der Waals surface area contributed by atoms with Crippen LogP contribution in [-0.4, -0.2) is 27.9 Å². The second-order valence-corrected chi connectivity index (χ2v) is 7.16. The van der Waals surface area contributed by atoms with Crippen LogP contribution in [0, 0.1) is 0 Å². The van der Waals surface area contributed by atoms with Crippen LogP contribution in [0.5, 0.6) is 0 Å². The summed E-state index contributed by atoms with van der Waals surface area (Å²) in [6.45, 7) is 1.48. The lowest BCUT2D eigenvalue weighted by molar-refractivity contribution is -0.123. The van der Waals surface area contributed by atoms with Gasteiger partial charge in [-0.3, -0.25) is 4.79 Å². The quantitative estimate of drug-likeness (QED) is 0.660. The molecule has 3 rings (SSSR count). The molecule has 1 amide bonds. The van der Waals surface area contributed by atoms with E-state index in [2.05, 4.69) is 15.3 Å². The molecule has 3 aromatic heterocycles. The Balaban J connectivity index is 1.60. The number of anilines is 1. The fraction of sp³-hybridized carbons (Fsp3) is 0.125. The first-order valence-corrected chi connectivity index (χ1v) is 9.29. The van der Waals surface area contributed by atoms with Crippen LogP contribution in [0.4, 0.5) is 5.82 Å². The molecule has 3 aromatic rings. The number of amides is 1. The molecule has 9 heteroatoms. The second-order valence-electron chi connectivity index (χ2n) is 4.91. The highest BCUT2D eigenvalue weighted by molar-refractivity contribution is 7.20. The fourth-order valence-electron chi connectivity index (χ4n) is 1.83. The molecule has 6 nitrogen and oxygen atoms in total. The number of rotatable bonds is 5. The zero-order chi connectivity index (χ0) is 17.8. The Morgan fingerprint density at radius 1 is 1.28 bits per heavy atom. The molecule has 0 fully saturated rings. The normalized spacial score (nSPS) is 11.8. The van der Waals surface area contributed by atoms with Crippen LogP contribution in [-0.2, 0) is 9.53 Å². The van der Waals surface area contributed by atoms with E-state index in [0.29, 0.717) is 10.8 Å². The number of nitrogens with zero attached hydrogens (tertiary/aromatic N) is 2. The van der Waals surface area contributed by atoms with E-state index in [-0.39, 0.29) is 5.69 Å². The average molecular weight is 394 g/mol. The van der Waals surface area contributed by atoms with E-state index in [1.54, 1.807) is 17.5 Å². The Morgan fingerprint density at radius 2 is 2.12 bits per heavy atom. The van der Waals surface area contributed by atoms with Crippen LogP contribution in [0.3, 0.4) is 0 Å². The third kappa shape index (κ3) is 4.41. The predicted molar refractivity (Wildman–Crippen MR) is 98.2 cm³/mol. The van der Waals surface area contributed by atoms with Crippen molar-refractivity contribution in [1.29, 1.82) is 0 Å². The van der Waals surface area contributed by atoms with Gasteiger partial charge in [0.1, 0.15) is 10.8 Å². The van der Waals surface area contributed by atoms with E-state index in [1.165, 1.54) is 35.8 Å². The topological polar surface area (TPSA) is 81.2 Å². The van der Waals surface area contributed by atoms with Gasteiger partial charge in [0.05, 0.1) is 9.90 Å². The molecular formula is C16H12ClN3O3S2. The van der Waals surface area contributed by atoms with Crippen LogP contribution >= 0.6 is 34.3 Å². The molecular weight excluding hydrogens is 382 g/mol. The van der Waals surface area contributed by atoms with E-state index in [9.17, 15) is 9.59 Å². The highest BCUT2D eigenvalue weighted by atomic mass is 35.5. The van der Waals surface area contributed by atoms with Crippen LogP contribution in [0.1, 0.15) is 17.4 Å². The molecule has 1 atom stereocenters. The summed E-state index contributed by atoms with van der Waals surface area (Å²) >= 11 is 8.62. The summed E-state index contributed by atoms with van der Waals surface area (Å²) < 4.78 is 5.17. The van der Waals surface area contributed by atoms with Crippen molar-refractivity contribution in [3.05, 3.63) is 51.9 Å². The van der Waals surface area contributed by atoms with E-state index >= 15 is 0 Å². The SMILES string of the molecule is C[C@H](OC(=O)c1csc(-c2cccs2)n1)C(=O)Nc1ccc(Cl)cn1.